The highest BCUT2D eigenvalue weighted by Gasteiger charge is 2.01. The molecule has 0 unspecified atom stereocenters. The summed E-state index contributed by atoms with van der Waals surface area (Å²) in [6.45, 7) is 0.400. The molecule has 5 nitrogen and oxygen atoms in total. The van der Waals surface area contributed by atoms with Gasteiger partial charge in [0.2, 0.25) is 0 Å². The van der Waals surface area contributed by atoms with Crippen LogP contribution in [-0.2, 0) is 6.54 Å². The number of aromatic nitrogens is 1. The number of hydrogen-bond donors (Lipinski definition) is 4. The molecule has 0 aliphatic heterocycles. The molecule has 0 aliphatic rings. The quantitative estimate of drug-likeness (QED) is 0.312. The van der Waals surface area contributed by atoms with Crippen molar-refractivity contribution in [2.45, 2.75) is 11.4 Å². The molecule has 0 saturated heterocycles. The third-order valence-electron chi connectivity index (χ3n) is 4.32. The maximum Gasteiger partial charge on any atom is 0.319 e. The van der Waals surface area contributed by atoms with Gasteiger partial charge in [0, 0.05) is 29.5 Å². The highest BCUT2D eigenvalue weighted by Crippen LogP contribution is 2.25. The fourth-order valence-electron chi connectivity index (χ4n) is 2.74. The number of rotatable bonds is 4. The van der Waals surface area contributed by atoms with Crippen LogP contribution in [-0.4, -0.2) is 16.1 Å². The number of pyridine rings is 1. The molecule has 0 atom stereocenters. The van der Waals surface area contributed by atoms with Crippen LogP contribution in [0.15, 0.2) is 108 Å². The molecule has 6 heteroatoms. The molecular weight excluding hydrogens is 406 g/mol. The first kappa shape index (κ1) is 21.9. The van der Waals surface area contributed by atoms with Crippen molar-refractivity contribution in [3.63, 3.8) is 0 Å². The summed E-state index contributed by atoms with van der Waals surface area (Å²) in [5.74, 6) is 0.208. The van der Waals surface area contributed by atoms with E-state index in [4.69, 9.17) is 5.11 Å². The largest absolute Gasteiger partial charge is 0.508 e. The minimum Gasteiger partial charge on any atom is -0.508 e. The third kappa shape index (κ3) is 7.21. The second-order valence-electron chi connectivity index (χ2n) is 6.59. The number of amides is 2. The van der Waals surface area contributed by atoms with E-state index in [9.17, 15) is 4.79 Å². The number of nitrogens with zero attached hydrogens (tertiary/aromatic N) is 1. The van der Waals surface area contributed by atoms with Gasteiger partial charge in [0.15, 0.2) is 0 Å². The number of thiol groups is 1. The Morgan fingerprint density at radius 2 is 1.48 bits per heavy atom. The van der Waals surface area contributed by atoms with E-state index in [0.29, 0.717) is 12.2 Å². The number of carbonyl (C=O) groups excluding carboxylic acids is 1. The number of benzene rings is 3. The van der Waals surface area contributed by atoms with E-state index in [0.717, 1.165) is 10.5 Å². The van der Waals surface area contributed by atoms with Gasteiger partial charge in [-0.3, -0.25) is 4.98 Å². The zero-order chi connectivity index (χ0) is 21.9. The van der Waals surface area contributed by atoms with E-state index < -0.39 is 0 Å². The van der Waals surface area contributed by atoms with Gasteiger partial charge in [-0.25, -0.2) is 4.79 Å². The van der Waals surface area contributed by atoms with Crippen LogP contribution >= 0.6 is 12.6 Å². The Morgan fingerprint density at radius 1 is 0.839 bits per heavy atom. The van der Waals surface area contributed by atoms with Gasteiger partial charge in [-0.2, -0.15) is 0 Å². The first-order valence-corrected chi connectivity index (χ1v) is 10.1. The van der Waals surface area contributed by atoms with Gasteiger partial charge in [0.25, 0.3) is 0 Å². The van der Waals surface area contributed by atoms with Gasteiger partial charge in [-0.1, -0.05) is 60.7 Å². The van der Waals surface area contributed by atoms with E-state index in [1.807, 2.05) is 36.4 Å². The maximum atomic E-state index is 11.6. The van der Waals surface area contributed by atoms with Crippen molar-refractivity contribution in [3.8, 4) is 16.9 Å². The second kappa shape index (κ2) is 11.4. The van der Waals surface area contributed by atoms with Crippen molar-refractivity contribution in [1.29, 1.82) is 0 Å². The lowest BCUT2D eigenvalue weighted by Crippen LogP contribution is -2.28. The summed E-state index contributed by atoms with van der Waals surface area (Å²) in [6, 6.07) is 28.2. The number of phenols is 1. The lowest BCUT2D eigenvalue weighted by Gasteiger charge is -2.07. The van der Waals surface area contributed by atoms with Crippen molar-refractivity contribution in [3.05, 3.63) is 109 Å². The molecular formula is C25H23N3O2S. The third-order valence-corrected chi connectivity index (χ3v) is 4.71. The Kier molecular flexibility index (Phi) is 8.08. The summed E-state index contributed by atoms with van der Waals surface area (Å²) in [6.07, 6.45) is 3.21. The van der Waals surface area contributed by atoms with E-state index in [1.165, 1.54) is 11.1 Å². The SMILES string of the molecule is O=C(NCc1ccc(O)cc1)Nc1ccncc1.Sc1ccccc1-c1ccccc1. The van der Waals surface area contributed by atoms with Crippen LogP contribution in [0, 0.1) is 0 Å². The topological polar surface area (TPSA) is 74.2 Å². The molecule has 2 amide bonds. The zero-order valence-electron chi connectivity index (χ0n) is 16.8. The van der Waals surface area contributed by atoms with Crippen LogP contribution in [0.25, 0.3) is 11.1 Å². The maximum absolute atomic E-state index is 11.6. The van der Waals surface area contributed by atoms with Crippen molar-refractivity contribution in [2.24, 2.45) is 0 Å². The molecule has 3 N–H and O–H groups in total. The number of urea groups is 1. The fraction of sp³-hybridized carbons (Fsp3) is 0.0400. The molecule has 0 spiro atoms. The fourth-order valence-corrected chi connectivity index (χ4v) is 3.03. The van der Waals surface area contributed by atoms with E-state index in [1.54, 1.807) is 48.8 Å². The molecule has 0 saturated carbocycles. The lowest BCUT2D eigenvalue weighted by molar-refractivity contribution is 0.251. The lowest BCUT2D eigenvalue weighted by atomic mass is 10.1. The number of carbonyl (C=O) groups is 1. The van der Waals surface area contributed by atoms with Crippen molar-refractivity contribution in [1.82, 2.24) is 10.3 Å². The van der Waals surface area contributed by atoms with E-state index in [2.05, 4.69) is 46.4 Å². The molecule has 1 aromatic heterocycles. The first-order valence-electron chi connectivity index (χ1n) is 9.68. The van der Waals surface area contributed by atoms with Crippen LogP contribution in [0.1, 0.15) is 5.56 Å². The Morgan fingerprint density at radius 3 is 2.16 bits per heavy atom. The molecule has 1 heterocycles. The number of hydrogen-bond acceptors (Lipinski definition) is 4. The Balaban J connectivity index is 0.000000185. The average molecular weight is 430 g/mol. The summed E-state index contributed by atoms with van der Waals surface area (Å²) in [5, 5.41) is 14.5. The number of phenolic OH excluding ortho intramolecular Hbond substituents is 1. The Labute approximate surface area is 187 Å². The molecule has 4 rings (SSSR count). The smallest absolute Gasteiger partial charge is 0.319 e. The molecule has 0 fully saturated rings. The van der Waals surface area contributed by atoms with Crippen molar-refractivity contribution < 1.29 is 9.90 Å². The van der Waals surface area contributed by atoms with Crippen LogP contribution in [0.5, 0.6) is 5.75 Å². The second-order valence-corrected chi connectivity index (χ2v) is 7.07. The molecule has 0 bridgehead atoms. The average Bonchev–Trinajstić information content (AvgIpc) is 2.81. The summed E-state index contributed by atoms with van der Waals surface area (Å²) in [5.41, 5.74) is 4.01. The summed E-state index contributed by atoms with van der Waals surface area (Å²) < 4.78 is 0. The molecule has 3 aromatic carbocycles. The van der Waals surface area contributed by atoms with Crippen molar-refractivity contribution in [2.75, 3.05) is 5.32 Å². The predicted octanol–water partition coefficient (Wildman–Crippen LogP) is 5.75. The normalized spacial score (nSPS) is 9.84. The standard InChI is InChI=1S/C13H13N3O2.C12H10S/c17-12-3-1-10(2-4-12)9-15-13(18)16-11-5-7-14-8-6-11;13-12-9-5-4-8-11(12)10-6-2-1-3-7-10/h1-8,17H,9H2,(H2,14,15,16,18);1-9,13H. The van der Waals surface area contributed by atoms with Gasteiger partial charge in [0.05, 0.1) is 0 Å². The Hall–Kier alpha value is -3.77. The zero-order valence-corrected chi connectivity index (χ0v) is 17.7. The van der Waals surface area contributed by atoms with Crippen LogP contribution < -0.4 is 10.6 Å². The van der Waals surface area contributed by atoms with E-state index >= 15 is 0 Å². The molecule has 31 heavy (non-hydrogen) atoms. The van der Waals surface area contributed by atoms with Crippen LogP contribution in [0.3, 0.4) is 0 Å². The predicted molar refractivity (Wildman–Crippen MR) is 127 cm³/mol. The minimum atomic E-state index is -0.283. The van der Waals surface area contributed by atoms with Gasteiger partial charge in [0.1, 0.15) is 5.75 Å². The van der Waals surface area contributed by atoms with Gasteiger partial charge in [-0.05, 0) is 47.0 Å². The highest BCUT2D eigenvalue weighted by atomic mass is 32.1. The molecule has 0 radical (unpaired) electrons. The van der Waals surface area contributed by atoms with Gasteiger partial charge < -0.3 is 15.7 Å². The van der Waals surface area contributed by atoms with Gasteiger partial charge in [-0.15, -0.1) is 12.6 Å². The number of anilines is 1. The highest BCUT2D eigenvalue weighted by molar-refractivity contribution is 7.80. The number of aromatic hydroxyl groups is 1. The Bertz CT molecular complexity index is 1090. The van der Waals surface area contributed by atoms with E-state index in [-0.39, 0.29) is 11.8 Å². The van der Waals surface area contributed by atoms with Crippen LogP contribution in [0.4, 0.5) is 10.5 Å². The van der Waals surface area contributed by atoms with Crippen molar-refractivity contribution >= 4 is 24.3 Å². The minimum absolute atomic E-state index is 0.208. The summed E-state index contributed by atoms with van der Waals surface area (Å²) in [7, 11) is 0. The van der Waals surface area contributed by atoms with Crippen LogP contribution in [0.2, 0.25) is 0 Å². The first-order chi connectivity index (χ1) is 15.1. The molecule has 0 aliphatic carbocycles. The molecule has 4 aromatic rings. The molecule has 156 valence electrons. The monoisotopic (exact) mass is 429 g/mol. The number of nitrogens with one attached hydrogen (secondary N) is 2. The summed E-state index contributed by atoms with van der Waals surface area (Å²) in [4.78, 5) is 16.4. The van der Waals surface area contributed by atoms with Gasteiger partial charge >= 0.3 is 6.03 Å². The summed E-state index contributed by atoms with van der Waals surface area (Å²) >= 11 is 4.41.